The zero-order valence-electron chi connectivity index (χ0n) is 13.4. The standard InChI is InChI=1S/C14H16FN5O5/c1-6(22)19-12-10-13(17-4-16-12)20(5-18-10)14-11(24-7(2)23)9(15)8(3-21)25-14/h4-5,8-9,11,14,21H,3H2,1-2H3,(H,16,17,19,22)/t8-,9?,11+,14-/m1/s1. The van der Waals surface area contributed by atoms with E-state index in [0.717, 1.165) is 6.92 Å². The fourth-order valence-electron chi connectivity index (χ4n) is 2.68. The molecule has 4 atom stereocenters. The summed E-state index contributed by atoms with van der Waals surface area (Å²) in [6, 6.07) is 0. The summed E-state index contributed by atoms with van der Waals surface area (Å²) in [7, 11) is 0. The molecule has 2 N–H and O–H groups in total. The Balaban J connectivity index is 2.02. The Morgan fingerprint density at radius 3 is 2.80 bits per heavy atom. The molecule has 1 unspecified atom stereocenters. The lowest BCUT2D eigenvalue weighted by atomic mass is 10.1. The number of aliphatic hydroxyl groups is 1. The van der Waals surface area contributed by atoms with Gasteiger partial charge in [0.15, 0.2) is 35.5 Å². The summed E-state index contributed by atoms with van der Waals surface area (Å²) in [4.78, 5) is 34.7. The zero-order chi connectivity index (χ0) is 18.1. The molecule has 3 rings (SSSR count). The normalized spacial score (nSPS) is 25.9. The number of fused-ring (bicyclic) bond motifs is 1. The lowest BCUT2D eigenvalue weighted by Gasteiger charge is -2.20. The highest BCUT2D eigenvalue weighted by atomic mass is 19.1. The number of amides is 1. The topological polar surface area (TPSA) is 128 Å². The summed E-state index contributed by atoms with van der Waals surface area (Å²) in [6.45, 7) is 1.90. The summed E-state index contributed by atoms with van der Waals surface area (Å²) in [6.07, 6.45) is -2.68. The molecule has 3 heterocycles. The van der Waals surface area contributed by atoms with Crippen molar-refractivity contribution >= 4 is 28.9 Å². The number of hydrogen-bond donors (Lipinski definition) is 2. The van der Waals surface area contributed by atoms with Crippen molar-refractivity contribution in [2.24, 2.45) is 0 Å². The van der Waals surface area contributed by atoms with Crippen molar-refractivity contribution in [2.45, 2.75) is 38.5 Å². The first-order chi connectivity index (χ1) is 11.9. The quantitative estimate of drug-likeness (QED) is 0.732. The maximum Gasteiger partial charge on any atom is 0.303 e. The molecule has 10 nitrogen and oxygen atoms in total. The van der Waals surface area contributed by atoms with Gasteiger partial charge in [0.1, 0.15) is 12.4 Å². The fraction of sp³-hybridized carbons (Fsp3) is 0.500. The maximum atomic E-state index is 14.4. The minimum absolute atomic E-state index is 0.189. The van der Waals surface area contributed by atoms with Crippen molar-refractivity contribution in [3.63, 3.8) is 0 Å². The number of halogens is 1. The van der Waals surface area contributed by atoms with Gasteiger partial charge in [-0.3, -0.25) is 14.2 Å². The first-order valence-electron chi connectivity index (χ1n) is 7.45. The number of ether oxygens (including phenoxy) is 2. The molecule has 25 heavy (non-hydrogen) atoms. The van der Waals surface area contributed by atoms with Gasteiger partial charge in [0.25, 0.3) is 0 Å². The third-order valence-corrected chi connectivity index (χ3v) is 3.67. The number of aliphatic hydroxyl groups excluding tert-OH is 1. The van der Waals surface area contributed by atoms with E-state index in [9.17, 15) is 19.1 Å². The van der Waals surface area contributed by atoms with E-state index in [2.05, 4.69) is 20.3 Å². The molecule has 0 spiro atoms. The van der Waals surface area contributed by atoms with Crippen molar-refractivity contribution in [2.75, 3.05) is 11.9 Å². The maximum absolute atomic E-state index is 14.4. The molecular weight excluding hydrogens is 337 g/mol. The first-order valence-corrected chi connectivity index (χ1v) is 7.45. The summed E-state index contributed by atoms with van der Waals surface area (Å²) in [5.41, 5.74) is 0.525. The highest BCUT2D eigenvalue weighted by Gasteiger charge is 2.48. The molecule has 2 aromatic rings. The largest absolute Gasteiger partial charge is 0.454 e. The highest BCUT2D eigenvalue weighted by molar-refractivity contribution is 5.95. The van der Waals surface area contributed by atoms with Crippen LogP contribution in [0.25, 0.3) is 11.2 Å². The van der Waals surface area contributed by atoms with Gasteiger partial charge in [-0.25, -0.2) is 19.3 Å². The second kappa shape index (κ2) is 6.69. The van der Waals surface area contributed by atoms with Crippen LogP contribution in [0, 0.1) is 0 Å². The number of imidazole rings is 1. The second-order valence-corrected chi connectivity index (χ2v) is 5.49. The van der Waals surface area contributed by atoms with E-state index in [4.69, 9.17) is 9.47 Å². The second-order valence-electron chi connectivity index (χ2n) is 5.49. The van der Waals surface area contributed by atoms with Crippen LogP contribution in [-0.4, -0.2) is 61.5 Å². The van der Waals surface area contributed by atoms with Crippen molar-refractivity contribution in [3.05, 3.63) is 12.7 Å². The lowest BCUT2D eigenvalue weighted by Crippen LogP contribution is -2.33. The van der Waals surface area contributed by atoms with Gasteiger partial charge in [-0.2, -0.15) is 0 Å². The number of nitrogens with one attached hydrogen (secondary N) is 1. The number of alkyl halides is 1. The Morgan fingerprint density at radius 1 is 1.40 bits per heavy atom. The van der Waals surface area contributed by atoms with E-state index in [-0.39, 0.29) is 22.9 Å². The molecule has 0 aromatic carbocycles. The van der Waals surface area contributed by atoms with E-state index in [1.54, 1.807) is 0 Å². The summed E-state index contributed by atoms with van der Waals surface area (Å²) in [5.74, 6) is -0.833. The summed E-state index contributed by atoms with van der Waals surface area (Å²) in [5, 5.41) is 11.8. The number of rotatable bonds is 4. The van der Waals surface area contributed by atoms with Gasteiger partial charge in [0.05, 0.1) is 12.9 Å². The predicted octanol–water partition coefficient (Wildman–Crippen LogP) is -0.0558. The van der Waals surface area contributed by atoms with Gasteiger partial charge in [-0.15, -0.1) is 0 Å². The Kier molecular flexibility index (Phi) is 4.59. The smallest absolute Gasteiger partial charge is 0.303 e. The molecule has 0 saturated carbocycles. The first kappa shape index (κ1) is 17.2. The number of carbonyl (C=O) groups is 2. The third kappa shape index (κ3) is 3.15. The molecular formula is C14H16FN5O5. The molecule has 134 valence electrons. The Hall–Kier alpha value is -2.66. The predicted molar refractivity (Wildman–Crippen MR) is 81.1 cm³/mol. The molecule has 0 aliphatic carbocycles. The fourth-order valence-corrected chi connectivity index (χ4v) is 2.68. The van der Waals surface area contributed by atoms with Crippen LogP contribution in [0.15, 0.2) is 12.7 Å². The lowest BCUT2D eigenvalue weighted by molar-refractivity contribution is -0.154. The molecule has 0 radical (unpaired) electrons. The van der Waals surface area contributed by atoms with Gasteiger partial charge >= 0.3 is 5.97 Å². The van der Waals surface area contributed by atoms with Crippen LogP contribution >= 0.6 is 0 Å². The van der Waals surface area contributed by atoms with Crippen molar-refractivity contribution in [1.29, 1.82) is 0 Å². The molecule has 1 aliphatic rings. The van der Waals surface area contributed by atoms with Gasteiger partial charge in [0.2, 0.25) is 5.91 Å². The number of anilines is 1. The van der Waals surface area contributed by atoms with Crippen LogP contribution in [0.1, 0.15) is 20.1 Å². The van der Waals surface area contributed by atoms with Crippen LogP contribution in [0.5, 0.6) is 0 Å². The van der Waals surface area contributed by atoms with E-state index in [0.29, 0.717) is 0 Å². The SMILES string of the molecule is CC(=O)Nc1ncnc2c1ncn2[C@@H]1O[C@H](CO)C(F)[C@@H]1OC(C)=O. The van der Waals surface area contributed by atoms with Crippen LogP contribution < -0.4 is 5.32 Å². The van der Waals surface area contributed by atoms with Crippen LogP contribution in [0.4, 0.5) is 10.2 Å². The molecule has 1 saturated heterocycles. The minimum Gasteiger partial charge on any atom is -0.454 e. The van der Waals surface area contributed by atoms with Crippen molar-refractivity contribution in [1.82, 2.24) is 19.5 Å². The number of carbonyl (C=O) groups excluding carboxylic acids is 2. The van der Waals surface area contributed by atoms with Gasteiger partial charge < -0.3 is 19.9 Å². The Morgan fingerprint density at radius 2 is 2.16 bits per heavy atom. The van der Waals surface area contributed by atoms with Gasteiger partial charge in [-0.05, 0) is 0 Å². The van der Waals surface area contributed by atoms with Gasteiger partial charge in [-0.1, -0.05) is 0 Å². The minimum atomic E-state index is -1.71. The van der Waals surface area contributed by atoms with Gasteiger partial charge in [0, 0.05) is 13.8 Å². The molecule has 0 bridgehead atoms. The summed E-state index contributed by atoms with van der Waals surface area (Å²) >= 11 is 0. The zero-order valence-corrected chi connectivity index (χ0v) is 13.4. The van der Waals surface area contributed by atoms with Crippen molar-refractivity contribution in [3.8, 4) is 0 Å². The van der Waals surface area contributed by atoms with E-state index in [1.807, 2.05) is 0 Å². The van der Waals surface area contributed by atoms with E-state index >= 15 is 0 Å². The molecule has 11 heteroatoms. The van der Waals surface area contributed by atoms with Crippen LogP contribution in [0.2, 0.25) is 0 Å². The molecule has 1 fully saturated rings. The number of aromatic nitrogens is 4. The van der Waals surface area contributed by atoms with E-state index < -0.39 is 37.2 Å². The van der Waals surface area contributed by atoms with E-state index in [1.165, 1.54) is 24.1 Å². The molecule has 2 aromatic heterocycles. The average molecular weight is 353 g/mol. The average Bonchev–Trinajstić information content (AvgIpc) is 3.09. The monoisotopic (exact) mass is 353 g/mol. The molecule has 1 aliphatic heterocycles. The highest BCUT2D eigenvalue weighted by Crippen LogP contribution is 2.35. The molecule has 1 amide bonds. The number of esters is 1. The van der Waals surface area contributed by atoms with Crippen LogP contribution in [-0.2, 0) is 19.1 Å². The summed E-state index contributed by atoms with van der Waals surface area (Å²) < 4.78 is 26.3. The number of hydrogen-bond acceptors (Lipinski definition) is 8. The van der Waals surface area contributed by atoms with Crippen LogP contribution in [0.3, 0.4) is 0 Å². The Labute approximate surface area is 141 Å². The number of nitrogens with zero attached hydrogens (tertiary/aromatic N) is 4. The third-order valence-electron chi connectivity index (χ3n) is 3.67. The Bertz CT molecular complexity index is 812. The van der Waals surface area contributed by atoms with Crippen molar-refractivity contribution < 1.29 is 28.6 Å².